The Bertz CT molecular complexity index is 191. The van der Waals surface area contributed by atoms with Crippen LogP contribution in [-0.4, -0.2) is 20.2 Å². The molecule has 1 aliphatic rings. The molecule has 0 heterocycles. The smallest absolute Gasteiger partial charge is 0.184 e. The molecule has 0 radical (unpaired) electrons. The topological polar surface area (TPSA) is 26.3 Å². The van der Waals surface area contributed by atoms with Crippen LogP contribution in [0.4, 0.5) is 0 Å². The molecule has 0 saturated carbocycles. The molecule has 0 N–H and O–H groups in total. The van der Waals surface area contributed by atoms with Crippen LogP contribution in [0.2, 0.25) is 19.6 Å². The SMILES string of the molecule is C[Si](C)(C)OC1C=CC(=O)C1. The second-order valence-electron chi connectivity index (χ2n) is 3.80. The molecule has 0 bridgehead atoms. The molecule has 1 rings (SSSR count). The van der Waals surface area contributed by atoms with Crippen LogP contribution in [0.25, 0.3) is 0 Å². The number of hydrogen-bond donors (Lipinski definition) is 0. The lowest BCUT2D eigenvalue weighted by atomic mass is 10.3. The Balaban J connectivity index is 2.42. The monoisotopic (exact) mass is 170 g/mol. The highest BCUT2D eigenvalue weighted by Gasteiger charge is 2.23. The third kappa shape index (κ3) is 2.99. The largest absolute Gasteiger partial charge is 0.411 e. The van der Waals surface area contributed by atoms with E-state index in [1.54, 1.807) is 6.08 Å². The van der Waals surface area contributed by atoms with Gasteiger partial charge < -0.3 is 4.43 Å². The van der Waals surface area contributed by atoms with Crippen molar-refractivity contribution in [1.29, 1.82) is 0 Å². The van der Waals surface area contributed by atoms with Gasteiger partial charge in [0.25, 0.3) is 0 Å². The normalized spacial score (nSPS) is 24.6. The molecule has 0 aromatic heterocycles. The van der Waals surface area contributed by atoms with Crippen molar-refractivity contribution in [3.63, 3.8) is 0 Å². The van der Waals surface area contributed by atoms with Crippen molar-refractivity contribution in [2.75, 3.05) is 0 Å². The Morgan fingerprint density at radius 1 is 1.55 bits per heavy atom. The number of carbonyl (C=O) groups is 1. The zero-order chi connectivity index (χ0) is 8.48. The molecular weight excluding hydrogens is 156 g/mol. The molecule has 0 spiro atoms. The minimum absolute atomic E-state index is 0.0640. The van der Waals surface area contributed by atoms with Gasteiger partial charge in [-0.05, 0) is 25.7 Å². The third-order valence-corrected chi connectivity index (χ3v) is 2.41. The van der Waals surface area contributed by atoms with Crippen molar-refractivity contribution < 1.29 is 9.22 Å². The summed E-state index contributed by atoms with van der Waals surface area (Å²) in [6.07, 6.45) is 4.09. The number of hydrogen-bond acceptors (Lipinski definition) is 2. The van der Waals surface area contributed by atoms with Crippen molar-refractivity contribution in [2.24, 2.45) is 0 Å². The average molecular weight is 170 g/mol. The third-order valence-electron chi connectivity index (χ3n) is 1.40. The minimum Gasteiger partial charge on any atom is -0.411 e. The lowest BCUT2D eigenvalue weighted by Gasteiger charge is -2.21. The molecule has 3 heteroatoms. The maximum absolute atomic E-state index is 10.8. The van der Waals surface area contributed by atoms with Gasteiger partial charge in [-0.2, -0.15) is 0 Å². The summed E-state index contributed by atoms with van der Waals surface area (Å²) in [6.45, 7) is 6.39. The van der Waals surface area contributed by atoms with Crippen LogP contribution in [0.1, 0.15) is 6.42 Å². The van der Waals surface area contributed by atoms with E-state index in [2.05, 4.69) is 19.6 Å². The first kappa shape index (κ1) is 8.68. The van der Waals surface area contributed by atoms with Crippen molar-refractivity contribution in [3.8, 4) is 0 Å². The average Bonchev–Trinajstić information content (AvgIpc) is 2.10. The van der Waals surface area contributed by atoms with Crippen molar-refractivity contribution >= 4 is 14.1 Å². The van der Waals surface area contributed by atoms with Crippen LogP contribution in [0, 0.1) is 0 Å². The molecule has 1 unspecified atom stereocenters. The molecule has 11 heavy (non-hydrogen) atoms. The molecule has 0 aromatic carbocycles. The van der Waals surface area contributed by atoms with E-state index in [0.717, 1.165) is 0 Å². The lowest BCUT2D eigenvalue weighted by Crippen LogP contribution is -2.30. The van der Waals surface area contributed by atoms with Crippen LogP contribution in [-0.2, 0) is 9.22 Å². The van der Waals surface area contributed by atoms with E-state index in [-0.39, 0.29) is 11.9 Å². The van der Waals surface area contributed by atoms with E-state index in [1.807, 2.05) is 6.08 Å². The Kier molecular flexibility index (Phi) is 2.30. The Hall–Kier alpha value is -0.413. The van der Waals surface area contributed by atoms with Crippen molar-refractivity contribution in [1.82, 2.24) is 0 Å². The molecule has 1 aliphatic carbocycles. The highest BCUT2D eigenvalue weighted by molar-refractivity contribution is 6.69. The first-order chi connectivity index (χ1) is 4.97. The number of carbonyl (C=O) groups excluding carboxylic acids is 1. The molecule has 0 aliphatic heterocycles. The lowest BCUT2D eigenvalue weighted by molar-refractivity contribution is -0.114. The molecule has 2 nitrogen and oxygen atoms in total. The minimum atomic E-state index is -1.46. The highest BCUT2D eigenvalue weighted by Crippen LogP contribution is 2.15. The number of allylic oxidation sites excluding steroid dienone is 1. The standard InChI is InChI=1S/C8H14O2Si/c1-11(2,3)10-8-5-4-7(9)6-8/h4-5,8H,6H2,1-3H3. The molecule has 0 aromatic rings. The fourth-order valence-corrected chi connectivity index (χ4v) is 2.15. The summed E-state index contributed by atoms with van der Waals surface area (Å²) in [7, 11) is -1.46. The summed E-state index contributed by atoms with van der Waals surface area (Å²) in [5.41, 5.74) is 0. The van der Waals surface area contributed by atoms with E-state index in [0.29, 0.717) is 6.42 Å². The molecular formula is C8H14O2Si. The summed E-state index contributed by atoms with van der Waals surface area (Å²) in [4.78, 5) is 10.8. The van der Waals surface area contributed by atoms with E-state index in [9.17, 15) is 4.79 Å². The van der Waals surface area contributed by atoms with Crippen LogP contribution in [0.3, 0.4) is 0 Å². The van der Waals surface area contributed by atoms with Crippen LogP contribution >= 0.6 is 0 Å². The van der Waals surface area contributed by atoms with Gasteiger partial charge in [-0.1, -0.05) is 6.08 Å². The summed E-state index contributed by atoms with van der Waals surface area (Å²) in [5, 5.41) is 0. The predicted octanol–water partition coefficient (Wildman–Crippen LogP) is 1.74. The highest BCUT2D eigenvalue weighted by atomic mass is 28.4. The van der Waals surface area contributed by atoms with Gasteiger partial charge in [0.1, 0.15) is 0 Å². The van der Waals surface area contributed by atoms with E-state index < -0.39 is 8.32 Å². The summed E-state index contributed by atoms with van der Waals surface area (Å²) in [6, 6.07) is 0. The summed E-state index contributed by atoms with van der Waals surface area (Å²) in [5.74, 6) is 0.188. The Morgan fingerprint density at radius 2 is 2.18 bits per heavy atom. The van der Waals surface area contributed by atoms with Gasteiger partial charge in [0.15, 0.2) is 14.1 Å². The number of ketones is 1. The van der Waals surface area contributed by atoms with Gasteiger partial charge in [0.2, 0.25) is 0 Å². The zero-order valence-corrected chi connectivity index (χ0v) is 8.26. The quantitative estimate of drug-likeness (QED) is 0.590. The Morgan fingerprint density at radius 3 is 2.55 bits per heavy atom. The van der Waals surface area contributed by atoms with Gasteiger partial charge in [-0.25, -0.2) is 0 Å². The molecule has 62 valence electrons. The second-order valence-corrected chi connectivity index (χ2v) is 8.26. The van der Waals surface area contributed by atoms with Gasteiger partial charge in [-0.3, -0.25) is 4.79 Å². The maximum Gasteiger partial charge on any atom is 0.184 e. The van der Waals surface area contributed by atoms with Crippen LogP contribution < -0.4 is 0 Å². The zero-order valence-electron chi connectivity index (χ0n) is 7.26. The molecule has 0 saturated heterocycles. The molecule has 0 fully saturated rings. The maximum atomic E-state index is 10.8. The first-order valence-corrected chi connectivity index (χ1v) is 7.27. The fourth-order valence-electron chi connectivity index (χ4n) is 1.08. The van der Waals surface area contributed by atoms with Gasteiger partial charge in [0.05, 0.1) is 6.10 Å². The van der Waals surface area contributed by atoms with Gasteiger partial charge >= 0.3 is 0 Å². The van der Waals surface area contributed by atoms with Crippen LogP contribution in [0.5, 0.6) is 0 Å². The van der Waals surface area contributed by atoms with Crippen LogP contribution in [0.15, 0.2) is 12.2 Å². The predicted molar refractivity (Wildman–Crippen MR) is 47.0 cm³/mol. The summed E-state index contributed by atoms with van der Waals surface area (Å²) < 4.78 is 5.70. The second kappa shape index (κ2) is 2.91. The Labute approximate surface area is 68.4 Å². The molecule has 1 atom stereocenters. The van der Waals surface area contributed by atoms with Gasteiger partial charge in [0, 0.05) is 6.42 Å². The van der Waals surface area contributed by atoms with E-state index >= 15 is 0 Å². The van der Waals surface area contributed by atoms with Gasteiger partial charge in [-0.15, -0.1) is 0 Å². The van der Waals surface area contributed by atoms with E-state index in [1.165, 1.54) is 0 Å². The summed E-state index contributed by atoms with van der Waals surface area (Å²) >= 11 is 0. The molecule has 0 amide bonds. The number of rotatable bonds is 2. The fraction of sp³-hybridized carbons (Fsp3) is 0.625. The van der Waals surface area contributed by atoms with Crippen molar-refractivity contribution in [2.45, 2.75) is 32.2 Å². The van der Waals surface area contributed by atoms with Crippen molar-refractivity contribution in [3.05, 3.63) is 12.2 Å². The van der Waals surface area contributed by atoms with E-state index in [4.69, 9.17) is 4.43 Å². The first-order valence-electron chi connectivity index (χ1n) is 3.86.